The summed E-state index contributed by atoms with van der Waals surface area (Å²) in [6.07, 6.45) is 1.71. The monoisotopic (exact) mass is 497 g/mol. The molecule has 2 atom stereocenters. The molecule has 5 rings (SSSR count). The maximum atomic E-state index is 14.4. The highest BCUT2D eigenvalue weighted by molar-refractivity contribution is 6.09. The molecule has 36 heavy (non-hydrogen) atoms. The van der Waals surface area contributed by atoms with Gasteiger partial charge in [-0.15, -0.1) is 0 Å². The quantitative estimate of drug-likeness (QED) is 0.410. The molecule has 190 valence electrons. The van der Waals surface area contributed by atoms with Gasteiger partial charge in [-0.25, -0.2) is 19.2 Å². The van der Waals surface area contributed by atoms with Gasteiger partial charge in [0.1, 0.15) is 29.1 Å². The highest BCUT2D eigenvalue weighted by Gasteiger charge is 2.32. The van der Waals surface area contributed by atoms with E-state index in [1.54, 1.807) is 19.9 Å². The molecule has 10 nitrogen and oxygen atoms in total. The number of β-amino-alcohol motifs (C(OH)–C–C–N with tert-alkyl or cyclic N) is 1. The Labute approximate surface area is 206 Å². The number of aliphatic hydroxyl groups is 1. The van der Waals surface area contributed by atoms with Crippen LogP contribution in [0, 0.1) is 25.6 Å². The molecule has 2 fully saturated rings. The molecule has 2 aliphatic rings. The van der Waals surface area contributed by atoms with Crippen molar-refractivity contribution in [2.45, 2.75) is 45.3 Å². The highest BCUT2D eigenvalue weighted by atomic mass is 19.1. The van der Waals surface area contributed by atoms with Gasteiger partial charge >= 0.3 is 6.09 Å². The number of H-pyrrole nitrogens is 1. The first-order valence-electron chi connectivity index (χ1n) is 12.0. The van der Waals surface area contributed by atoms with Crippen LogP contribution in [-0.4, -0.2) is 73.9 Å². The molecule has 0 spiro atoms. The summed E-state index contributed by atoms with van der Waals surface area (Å²) < 4.78 is 20.4. The van der Waals surface area contributed by atoms with Crippen LogP contribution >= 0.6 is 0 Å². The molecule has 1 aliphatic heterocycles. The predicted octanol–water partition coefficient (Wildman–Crippen LogP) is 3.01. The van der Waals surface area contributed by atoms with E-state index in [9.17, 15) is 19.1 Å². The molecule has 0 radical (unpaired) electrons. The van der Waals surface area contributed by atoms with Crippen LogP contribution in [0.5, 0.6) is 5.75 Å². The number of nitrogens with one attached hydrogen (secondary N) is 2. The number of hydrogen-bond donors (Lipinski definition) is 4. The average Bonchev–Trinajstić information content (AvgIpc) is 3.60. The first kappa shape index (κ1) is 24.0. The number of carboxylic acid groups (broad SMARTS) is 1. The summed E-state index contributed by atoms with van der Waals surface area (Å²) >= 11 is 0. The first-order chi connectivity index (χ1) is 17.2. The SMILES string of the molecule is Cc1cc(-c2ncnc3c(C(=O)N[C@@H]4CCN(C(=O)O)C[C@H]4O)c(C)[nH]c23)c(OCC2CC2)cc1F. The third-order valence-electron chi connectivity index (χ3n) is 6.85. The minimum absolute atomic E-state index is 0.0764. The zero-order valence-corrected chi connectivity index (χ0v) is 20.0. The number of carbonyl (C=O) groups excluding carboxylic acids is 1. The van der Waals surface area contributed by atoms with Crippen molar-refractivity contribution in [3.8, 4) is 17.0 Å². The van der Waals surface area contributed by atoms with E-state index >= 15 is 0 Å². The fraction of sp³-hybridized carbons (Fsp3) is 0.440. The van der Waals surface area contributed by atoms with E-state index in [4.69, 9.17) is 9.84 Å². The van der Waals surface area contributed by atoms with E-state index in [-0.39, 0.29) is 25.3 Å². The van der Waals surface area contributed by atoms with E-state index in [2.05, 4.69) is 20.3 Å². The number of ether oxygens (including phenoxy) is 1. The largest absolute Gasteiger partial charge is 0.492 e. The van der Waals surface area contributed by atoms with Crippen molar-refractivity contribution < 1.29 is 28.9 Å². The minimum Gasteiger partial charge on any atom is -0.492 e. The first-order valence-corrected chi connectivity index (χ1v) is 12.0. The highest BCUT2D eigenvalue weighted by Crippen LogP contribution is 2.37. The fourth-order valence-corrected chi connectivity index (χ4v) is 4.58. The second kappa shape index (κ2) is 9.38. The average molecular weight is 498 g/mol. The van der Waals surface area contributed by atoms with E-state index in [1.165, 1.54) is 12.4 Å². The predicted molar refractivity (Wildman–Crippen MR) is 128 cm³/mol. The smallest absolute Gasteiger partial charge is 0.407 e. The number of piperidine rings is 1. The van der Waals surface area contributed by atoms with Gasteiger partial charge in [-0.2, -0.15) is 0 Å². The summed E-state index contributed by atoms with van der Waals surface area (Å²) in [7, 11) is 0. The van der Waals surface area contributed by atoms with Gasteiger partial charge in [-0.05, 0) is 50.7 Å². The molecule has 1 aromatic carbocycles. The van der Waals surface area contributed by atoms with E-state index in [0.717, 1.165) is 17.7 Å². The number of carbonyl (C=O) groups is 2. The standard InChI is InChI=1S/C25H28FN5O5/c1-12-7-15(19(8-16(12)26)36-10-14-3-4-14)21-23-22(28-11-27-21)20(13(2)29-23)24(33)30-17-5-6-31(25(34)35)9-18(17)32/h7-8,11,14,17-18,29,32H,3-6,9-10H2,1-2H3,(H,30,33)(H,34,35)/t17-,18-/m1/s1. The van der Waals surface area contributed by atoms with Crippen LogP contribution in [-0.2, 0) is 0 Å². The van der Waals surface area contributed by atoms with Gasteiger partial charge in [-0.3, -0.25) is 4.79 Å². The fourth-order valence-electron chi connectivity index (χ4n) is 4.58. The Morgan fingerprint density at radius 3 is 2.72 bits per heavy atom. The Hall–Kier alpha value is -3.73. The number of likely N-dealkylation sites (tertiary alicyclic amines) is 1. The van der Waals surface area contributed by atoms with Crippen molar-refractivity contribution in [2.24, 2.45) is 5.92 Å². The Bertz CT molecular complexity index is 1340. The number of amides is 2. The second-order valence-electron chi connectivity index (χ2n) is 9.59. The second-order valence-corrected chi connectivity index (χ2v) is 9.59. The summed E-state index contributed by atoms with van der Waals surface area (Å²) in [6.45, 7) is 4.05. The summed E-state index contributed by atoms with van der Waals surface area (Å²) in [4.78, 5) is 37.5. The molecular weight excluding hydrogens is 469 g/mol. The molecule has 1 aliphatic carbocycles. The molecule has 3 heterocycles. The third kappa shape index (κ3) is 4.58. The van der Waals surface area contributed by atoms with Crippen molar-refractivity contribution in [3.05, 3.63) is 41.1 Å². The van der Waals surface area contributed by atoms with Crippen LogP contribution in [0.3, 0.4) is 0 Å². The van der Waals surface area contributed by atoms with Crippen LogP contribution in [0.25, 0.3) is 22.3 Å². The van der Waals surface area contributed by atoms with E-state index in [1.807, 2.05) is 0 Å². The summed E-state index contributed by atoms with van der Waals surface area (Å²) in [5, 5.41) is 22.4. The number of nitrogens with zero attached hydrogens (tertiary/aromatic N) is 3. The van der Waals surface area contributed by atoms with Gasteiger partial charge < -0.3 is 30.2 Å². The van der Waals surface area contributed by atoms with Crippen molar-refractivity contribution in [3.63, 3.8) is 0 Å². The van der Waals surface area contributed by atoms with Crippen molar-refractivity contribution in [1.82, 2.24) is 25.2 Å². The lowest BCUT2D eigenvalue weighted by molar-refractivity contribution is 0.0392. The van der Waals surface area contributed by atoms with Gasteiger partial charge in [0, 0.05) is 23.9 Å². The lowest BCUT2D eigenvalue weighted by atomic mass is 10.0. The van der Waals surface area contributed by atoms with Crippen molar-refractivity contribution in [1.29, 1.82) is 0 Å². The van der Waals surface area contributed by atoms with Crippen LogP contribution in [0.2, 0.25) is 0 Å². The zero-order valence-electron chi connectivity index (χ0n) is 20.0. The topological polar surface area (TPSA) is 141 Å². The Balaban J connectivity index is 1.47. The molecule has 0 unspecified atom stereocenters. The number of rotatable bonds is 6. The van der Waals surface area contributed by atoms with Crippen LogP contribution in [0.15, 0.2) is 18.5 Å². The Kier molecular flexibility index (Phi) is 6.25. The maximum Gasteiger partial charge on any atom is 0.407 e. The number of benzene rings is 1. The number of aliphatic hydroxyl groups excluding tert-OH is 1. The Morgan fingerprint density at radius 1 is 1.25 bits per heavy atom. The molecule has 1 saturated heterocycles. The molecule has 1 saturated carbocycles. The number of aromatic amines is 1. The summed E-state index contributed by atoms with van der Waals surface area (Å²) in [5.74, 6) is 0.0618. The molecule has 2 aromatic heterocycles. The molecule has 4 N–H and O–H groups in total. The zero-order chi connectivity index (χ0) is 25.6. The molecular formula is C25H28FN5O5. The number of fused-ring (bicyclic) bond motifs is 1. The number of aromatic nitrogens is 3. The van der Waals surface area contributed by atoms with Gasteiger partial charge in [0.2, 0.25) is 0 Å². The Morgan fingerprint density at radius 2 is 2.03 bits per heavy atom. The maximum absolute atomic E-state index is 14.4. The van der Waals surface area contributed by atoms with Gasteiger partial charge in [-0.1, -0.05) is 0 Å². The molecule has 2 amide bonds. The van der Waals surface area contributed by atoms with Crippen LogP contribution in [0.1, 0.15) is 40.9 Å². The summed E-state index contributed by atoms with van der Waals surface area (Å²) in [6, 6.07) is 2.46. The molecule has 11 heteroatoms. The summed E-state index contributed by atoms with van der Waals surface area (Å²) in [5.41, 5.74) is 3.31. The third-order valence-corrected chi connectivity index (χ3v) is 6.85. The number of aryl methyl sites for hydroxylation is 2. The van der Waals surface area contributed by atoms with Gasteiger partial charge in [0.25, 0.3) is 5.91 Å². The molecule has 0 bridgehead atoms. The van der Waals surface area contributed by atoms with Crippen LogP contribution in [0.4, 0.5) is 9.18 Å². The number of hydrogen-bond acceptors (Lipinski definition) is 6. The van der Waals surface area contributed by atoms with Crippen molar-refractivity contribution in [2.75, 3.05) is 19.7 Å². The van der Waals surface area contributed by atoms with Gasteiger partial charge in [0.05, 0.1) is 36.4 Å². The number of halogens is 1. The van der Waals surface area contributed by atoms with E-state index in [0.29, 0.717) is 57.4 Å². The lowest BCUT2D eigenvalue weighted by Gasteiger charge is -2.34. The van der Waals surface area contributed by atoms with Crippen molar-refractivity contribution >= 4 is 23.0 Å². The van der Waals surface area contributed by atoms with E-state index < -0.39 is 24.1 Å². The lowest BCUT2D eigenvalue weighted by Crippen LogP contribution is -2.55. The minimum atomic E-state index is -1.10. The van der Waals surface area contributed by atoms with Gasteiger partial charge in [0.15, 0.2) is 0 Å². The normalized spacial score (nSPS) is 19.9. The molecule has 3 aromatic rings. The van der Waals surface area contributed by atoms with Crippen LogP contribution < -0.4 is 10.1 Å².